The quantitative estimate of drug-likeness (QED) is 0.609. The first kappa shape index (κ1) is 16.0. The average molecular weight is 330 g/mol. The van der Waals surface area contributed by atoms with Crippen LogP contribution in [0.4, 0.5) is 0 Å². The van der Waals surface area contributed by atoms with Crippen LogP contribution in [0.15, 0.2) is 24.3 Å². The highest BCUT2D eigenvalue weighted by Crippen LogP contribution is 2.30. The van der Waals surface area contributed by atoms with E-state index >= 15 is 0 Å². The molecular weight excluding hydrogens is 312 g/mol. The van der Waals surface area contributed by atoms with Gasteiger partial charge in [0.1, 0.15) is 6.04 Å². The molecule has 0 saturated carbocycles. The number of carboxylic acids is 1. The number of carbonyl (C=O) groups is 3. The monoisotopic (exact) mass is 330 g/mol. The van der Waals surface area contributed by atoms with Crippen molar-refractivity contribution in [3.05, 3.63) is 35.5 Å². The molecular formula is C16H18N4O4. The number of primary amides is 1. The molecule has 0 radical (unpaired) electrons. The van der Waals surface area contributed by atoms with Gasteiger partial charge < -0.3 is 26.5 Å². The number of para-hydroxylation sites is 1. The predicted molar refractivity (Wildman–Crippen MR) is 85.8 cm³/mol. The number of H-pyrrole nitrogens is 1. The van der Waals surface area contributed by atoms with E-state index in [0.717, 1.165) is 22.2 Å². The Morgan fingerprint density at radius 3 is 2.71 bits per heavy atom. The van der Waals surface area contributed by atoms with Gasteiger partial charge in [-0.1, -0.05) is 18.2 Å². The van der Waals surface area contributed by atoms with E-state index in [2.05, 4.69) is 4.98 Å². The number of aliphatic carboxylic acids is 1. The highest BCUT2D eigenvalue weighted by Gasteiger charge is 2.38. The number of hydrogen-bond acceptors (Lipinski definition) is 4. The van der Waals surface area contributed by atoms with Crippen LogP contribution in [0, 0.1) is 0 Å². The molecule has 24 heavy (non-hydrogen) atoms. The van der Waals surface area contributed by atoms with Crippen LogP contribution in [0.5, 0.6) is 0 Å². The number of aromatic amines is 1. The topological polar surface area (TPSA) is 143 Å². The normalized spacial score (nSPS) is 18.2. The fourth-order valence-corrected chi connectivity index (χ4v) is 3.18. The van der Waals surface area contributed by atoms with Crippen LogP contribution < -0.4 is 11.5 Å². The van der Waals surface area contributed by atoms with Crippen LogP contribution in [-0.4, -0.2) is 44.9 Å². The molecule has 1 aromatic heterocycles. The number of amides is 2. The third-order valence-electron chi connectivity index (χ3n) is 4.31. The van der Waals surface area contributed by atoms with E-state index < -0.39 is 29.9 Å². The summed E-state index contributed by atoms with van der Waals surface area (Å²) in [5.41, 5.74) is 13.4. The van der Waals surface area contributed by atoms with Crippen molar-refractivity contribution in [1.29, 1.82) is 0 Å². The molecule has 6 N–H and O–H groups in total. The van der Waals surface area contributed by atoms with E-state index in [0.29, 0.717) is 0 Å². The van der Waals surface area contributed by atoms with E-state index in [1.165, 1.54) is 4.90 Å². The van der Waals surface area contributed by atoms with Crippen molar-refractivity contribution in [3.63, 3.8) is 0 Å². The van der Waals surface area contributed by atoms with Gasteiger partial charge in [0.05, 0.1) is 19.0 Å². The van der Waals surface area contributed by atoms with Gasteiger partial charge in [-0.3, -0.25) is 9.59 Å². The summed E-state index contributed by atoms with van der Waals surface area (Å²) in [6.45, 7) is 0.103. The molecule has 0 aliphatic carbocycles. The van der Waals surface area contributed by atoms with Gasteiger partial charge in [0, 0.05) is 23.0 Å². The van der Waals surface area contributed by atoms with Gasteiger partial charge in [0.25, 0.3) is 0 Å². The van der Waals surface area contributed by atoms with Crippen LogP contribution in [0.1, 0.15) is 17.7 Å². The molecule has 1 aliphatic heterocycles. The Hall–Kier alpha value is -2.87. The number of benzene rings is 1. The highest BCUT2D eigenvalue weighted by atomic mass is 16.4. The largest absolute Gasteiger partial charge is 0.480 e. The summed E-state index contributed by atoms with van der Waals surface area (Å²) in [6.07, 6.45) is -0.134. The number of nitrogens with two attached hydrogens (primary N) is 2. The van der Waals surface area contributed by atoms with Gasteiger partial charge in [-0.25, -0.2) is 4.79 Å². The Bertz CT molecular complexity index is 829. The SMILES string of the molecule is NC(=O)C[C@H](N)C(=O)N1Cc2[nH]c3ccccc3c2C[C@H]1C(=O)O. The maximum absolute atomic E-state index is 12.5. The number of hydrogen-bond donors (Lipinski definition) is 4. The summed E-state index contributed by atoms with van der Waals surface area (Å²) in [5, 5.41) is 10.5. The van der Waals surface area contributed by atoms with E-state index in [1.807, 2.05) is 24.3 Å². The molecule has 8 heteroatoms. The minimum Gasteiger partial charge on any atom is -0.480 e. The van der Waals surface area contributed by atoms with Gasteiger partial charge >= 0.3 is 5.97 Å². The lowest BCUT2D eigenvalue weighted by atomic mass is 9.95. The van der Waals surface area contributed by atoms with Gasteiger partial charge in [-0.15, -0.1) is 0 Å². The summed E-state index contributed by atoms with van der Waals surface area (Å²) >= 11 is 0. The third-order valence-corrected chi connectivity index (χ3v) is 4.31. The van der Waals surface area contributed by atoms with Crippen molar-refractivity contribution in [2.45, 2.75) is 31.5 Å². The van der Waals surface area contributed by atoms with Crippen LogP contribution in [0.2, 0.25) is 0 Å². The Balaban J connectivity index is 1.96. The number of fused-ring (bicyclic) bond motifs is 3. The molecule has 1 aromatic carbocycles. The lowest BCUT2D eigenvalue weighted by Crippen LogP contribution is -2.54. The van der Waals surface area contributed by atoms with Gasteiger partial charge in [0.15, 0.2) is 0 Å². The first-order valence-corrected chi connectivity index (χ1v) is 7.54. The minimum atomic E-state index is -1.14. The van der Waals surface area contributed by atoms with Crippen molar-refractivity contribution in [3.8, 4) is 0 Å². The smallest absolute Gasteiger partial charge is 0.326 e. The van der Waals surface area contributed by atoms with Gasteiger partial charge in [-0.05, 0) is 11.6 Å². The zero-order valence-corrected chi connectivity index (χ0v) is 12.9. The molecule has 2 amide bonds. The lowest BCUT2D eigenvalue weighted by molar-refractivity contribution is -0.152. The Morgan fingerprint density at radius 1 is 1.33 bits per heavy atom. The van der Waals surface area contributed by atoms with E-state index in [9.17, 15) is 19.5 Å². The van der Waals surface area contributed by atoms with Crippen molar-refractivity contribution >= 4 is 28.7 Å². The van der Waals surface area contributed by atoms with E-state index in [-0.39, 0.29) is 19.4 Å². The third kappa shape index (κ3) is 2.71. The van der Waals surface area contributed by atoms with Gasteiger partial charge in [0.2, 0.25) is 11.8 Å². The Labute approximate surface area is 137 Å². The minimum absolute atomic E-state index is 0.103. The summed E-state index contributed by atoms with van der Waals surface area (Å²) in [7, 11) is 0. The second-order valence-electron chi connectivity index (χ2n) is 5.93. The molecule has 2 heterocycles. The average Bonchev–Trinajstić information content (AvgIpc) is 2.89. The van der Waals surface area contributed by atoms with Crippen molar-refractivity contribution in [1.82, 2.24) is 9.88 Å². The Morgan fingerprint density at radius 2 is 2.04 bits per heavy atom. The summed E-state index contributed by atoms with van der Waals surface area (Å²) < 4.78 is 0. The molecule has 0 fully saturated rings. The number of carbonyl (C=O) groups excluding carboxylic acids is 2. The molecule has 3 rings (SSSR count). The molecule has 0 unspecified atom stereocenters. The van der Waals surface area contributed by atoms with Crippen LogP contribution >= 0.6 is 0 Å². The number of nitrogens with zero attached hydrogens (tertiary/aromatic N) is 1. The maximum Gasteiger partial charge on any atom is 0.326 e. The van der Waals surface area contributed by atoms with E-state index in [4.69, 9.17) is 11.5 Å². The van der Waals surface area contributed by atoms with Crippen molar-refractivity contribution in [2.75, 3.05) is 0 Å². The zero-order chi connectivity index (χ0) is 17.4. The van der Waals surface area contributed by atoms with E-state index in [1.54, 1.807) is 0 Å². The van der Waals surface area contributed by atoms with Crippen molar-refractivity contribution in [2.24, 2.45) is 11.5 Å². The number of aromatic nitrogens is 1. The fraction of sp³-hybridized carbons (Fsp3) is 0.312. The van der Waals surface area contributed by atoms with Crippen LogP contribution in [0.25, 0.3) is 10.9 Å². The predicted octanol–water partition coefficient (Wildman–Crippen LogP) is -0.291. The number of nitrogens with one attached hydrogen (secondary N) is 1. The molecule has 8 nitrogen and oxygen atoms in total. The summed E-state index contributed by atoms with van der Waals surface area (Å²) in [4.78, 5) is 39.5. The number of carboxylic acid groups (broad SMARTS) is 1. The first-order valence-electron chi connectivity index (χ1n) is 7.54. The van der Waals surface area contributed by atoms with Crippen LogP contribution in [-0.2, 0) is 27.3 Å². The molecule has 0 spiro atoms. The molecule has 2 aromatic rings. The lowest BCUT2D eigenvalue weighted by Gasteiger charge is -2.34. The summed E-state index contributed by atoms with van der Waals surface area (Å²) in [5.74, 6) is -2.40. The molecule has 0 saturated heterocycles. The fourth-order valence-electron chi connectivity index (χ4n) is 3.18. The molecule has 0 bridgehead atoms. The second kappa shape index (κ2) is 5.97. The molecule has 2 atom stereocenters. The Kier molecular flexibility index (Phi) is 3.98. The summed E-state index contributed by atoms with van der Waals surface area (Å²) in [6, 6.07) is 5.41. The molecule has 126 valence electrons. The van der Waals surface area contributed by atoms with Crippen molar-refractivity contribution < 1.29 is 19.5 Å². The zero-order valence-electron chi connectivity index (χ0n) is 12.9. The number of rotatable bonds is 4. The highest BCUT2D eigenvalue weighted by molar-refractivity contribution is 5.92. The van der Waals surface area contributed by atoms with Crippen LogP contribution in [0.3, 0.4) is 0 Å². The van der Waals surface area contributed by atoms with Gasteiger partial charge in [-0.2, -0.15) is 0 Å². The molecule has 1 aliphatic rings. The first-order chi connectivity index (χ1) is 11.4. The maximum atomic E-state index is 12.5. The standard InChI is InChI=1S/C16H18N4O4/c17-10(6-14(18)21)15(22)20-7-12-9(5-13(20)16(23)24)8-3-1-2-4-11(8)19-12/h1-4,10,13,19H,5-7,17H2,(H2,18,21)(H,23,24)/t10-,13-/m0/s1. The second-order valence-corrected chi connectivity index (χ2v) is 5.93.